The van der Waals surface area contributed by atoms with Crippen LogP contribution < -0.4 is 4.74 Å². The number of fused-ring (bicyclic) bond motifs is 1. The Hall–Kier alpha value is -1.31. The molecule has 0 bridgehead atoms. The smallest absolute Gasteiger partial charge is 0.182 e. The van der Waals surface area contributed by atoms with E-state index < -0.39 is 0 Å². The first-order chi connectivity index (χ1) is 4.92. The molecule has 2 rings (SSSR count). The minimum atomic E-state index is -0.309. The quantitative estimate of drug-likeness (QED) is 0.541. The van der Waals surface area contributed by atoms with Crippen molar-refractivity contribution in [1.29, 1.82) is 0 Å². The highest BCUT2D eigenvalue weighted by Crippen LogP contribution is 2.36. The van der Waals surface area contributed by atoms with E-state index >= 15 is 0 Å². The highest BCUT2D eigenvalue weighted by Gasteiger charge is 2.26. The molecule has 0 amide bonds. The van der Waals surface area contributed by atoms with Crippen molar-refractivity contribution in [3.63, 3.8) is 0 Å². The number of ether oxygens (including phenoxy) is 1. The van der Waals surface area contributed by atoms with Crippen LogP contribution in [0.3, 0.4) is 0 Å². The molecular formula is C8H6O2. The second-order valence-corrected chi connectivity index (χ2v) is 2.21. The molecule has 1 heterocycles. The molecule has 1 aliphatic heterocycles. The molecule has 0 aromatic heterocycles. The van der Waals surface area contributed by atoms with Gasteiger partial charge in [-0.25, -0.2) is 0 Å². The Morgan fingerprint density at radius 2 is 2.20 bits per heavy atom. The zero-order valence-corrected chi connectivity index (χ0v) is 5.28. The summed E-state index contributed by atoms with van der Waals surface area (Å²) in [7, 11) is 0. The number of rotatable bonds is 1. The molecule has 1 aliphatic rings. The van der Waals surface area contributed by atoms with E-state index in [2.05, 4.69) is 0 Å². The van der Waals surface area contributed by atoms with Crippen molar-refractivity contribution in [3.05, 3.63) is 29.8 Å². The van der Waals surface area contributed by atoms with Crippen LogP contribution in [-0.4, -0.2) is 6.29 Å². The summed E-state index contributed by atoms with van der Waals surface area (Å²) in [6.07, 6.45) is 0.499. The van der Waals surface area contributed by atoms with Crippen molar-refractivity contribution in [3.8, 4) is 5.75 Å². The average Bonchev–Trinajstić information content (AvgIpc) is 1.92. The zero-order valence-electron chi connectivity index (χ0n) is 5.28. The number of aldehydes is 1. The Bertz CT molecular complexity index is 268. The summed E-state index contributed by atoms with van der Waals surface area (Å²) in [6, 6.07) is 7.55. The standard InChI is InChI=1S/C8H6O2/c9-5-8-6-3-1-2-4-7(6)10-8/h1-5,8H. The van der Waals surface area contributed by atoms with Crippen LogP contribution >= 0.6 is 0 Å². The van der Waals surface area contributed by atoms with E-state index in [4.69, 9.17) is 4.74 Å². The SMILES string of the molecule is O=CC1Oc2ccccc21. The molecule has 0 spiro atoms. The summed E-state index contributed by atoms with van der Waals surface area (Å²) >= 11 is 0. The fourth-order valence-corrected chi connectivity index (χ4v) is 1.07. The van der Waals surface area contributed by atoms with Crippen LogP contribution in [0.5, 0.6) is 5.75 Å². The molecule has 0 radical (unpaired) electrons. The summed E-state index contributed by atoms with van der Waals surface area (Å²) in [5.41, 5.74) is 0.998. The van der Waals surface area contributed by atoms with Gasteiger partial charge in [0.2, 0.25) is 0 Å². The Balaban J connectivity index is 2.42. The summed E-state index contributed by atoms with van der Waals surface area (Å²) in [5, 5.41) is 0. The lowest BCUT2D eigenvalue weighted by Crippen LogP contribution is -2.19. The Kier molecular flexibility index (Phi) is 1.01. The Morgan fingerprint density at radius 3 is 2.90 bits per heavy atom. The molecule has 2 nitrogen and oxygen atoms in total. The van der Waals surface area contributed by atoms with Gasteiger partial charge in [-0.1, -0.05) is 18.2 Å². The van der Waals surface area contributed by atoms with Gasteiger partial charge in [0.25, 0.3) is 0 Å². The fraction of sp³-hybridized carbons (Fsp3) is 0.125. The first-order valence-electron chi connectivity index (χ1n) is 3.12. The number of hydrogen-bond acceptors (Lipinski definition) is 2. The molecule has 0 aliphatic carbocycles. The van der Waals surface area contributed by atoms with E-state index in [0.717, 1.165) is 17.6 Å². The van der Waals surface area contributed by atoms with E-state index in [9.17, 15) is 4.79 Å². The minimum Gasteiger partial charge on any atom is -0.478 e. The van der Waals surface area contributed by atoms with Crippen molar-refractivity contribution in [2.75, 3.05) is 0 Å². The van der Waals surface area contributed by atoms with Crippen LogP contribution in [0, 0.1) is 0 Å². The maximum Gasteiger partial charge on any atom is 0.182 e. The third kappa shape index (κ3) is 0.559. The second kappa shape index (κ2) is 1.84. The van der Waals surface area contributed by atoms with E-state index in [0.29, 0.717) is 0 Å². The van der Waals surface area contributed by atoms with Crippen molar-refractivity contribution in [2.45, 2.75) is 6.10 Å². The summed E-state index contributed by atoms with van der Waals surface area (Å²) in [4.78, 5) is 10.2. The van der Waals surface area contributed by atoms with Gasteiger partial charge in [-0.2, -0.15) is 0 Å². The molecule has 1 unspecified atom stereocenters. The van der Waals surface area contributed by atoms with Gasteiger partial charge < -0.3 is 4.74 Å². The van der Waals surface area contributed by atoms with E-state index in [1.807, 2.05) is 24.3 Å². The first kappa shape index (κ1) is 5.47. The maximum absolute atomic E-state index is 10.2. The highest BCUT2D eigenvalue weighted by atomic mass is 16.5. The molecule has 1 aromatic carbocycles. The number of benzene rings is 1. The summed E-state index contributed by atoms with van der Waals surface area (Å²) in [5.74, 6) is 0.833. The lowest BCUT2D eigenvalue weighted by molar-refractivity contribution is -0.115. The molecule has 1 aromatic rings. The molecular weight excluding hydrogens is 128 g/mol. The topological polar surface area (TPSA) is 26.3 Å². The Morgan fingerprint density at radius 1 is 1.40 bits per heavy atom. The van der Waals surface area contributed by atoms with Gasteiger partial charge in [-0.05, 0) is 6.07 Å². The van der Waals surface area contributed by atoms with Gasteiger partial charge in [0, 0.05) is 5.56 Å². The van der Waals surface area contributed by atoms with Crippen LogP contribution in [-0.2, 0) is 4.79 Å². The summed E-state index contributed by atoms with van der Waals surface area (Å²) < 4.78 is 5.07. The first-order valence-corrected chi connectivity index (χ1v) is 3.12. The number of carbonyl (C=O) groups is 1. The third-order valence-electron chi connectivity index (χ3n) is 1.60. The number of carbonyl (C=O) groups excluding carboxylic acids is 1. The predicted molar refractivity (Wildman–Crippen MR) is 35.9 cm³/mol. The maximum atomic E-state index is 10.2. The van der Waals surface area contributed by atoms with Crippen molar-refractivity contribution >= 4 is 6.29 Å². The molecule has 10 heavy (non-hydrogen) atoms. The van der Waals surface area contributed by atoms with Gasteiger partial charge in [0.05, 0.1) is 0 Å². The van der Waals surface area contributed by atoms with Gasteiger partial charge in [-0.3, -0.25) is 4.79 Å². The highest BCUT2D eigenvalue weighted by molar-refractivity contribution is 5.67. The van der Waals surface area contributed by atoms with Gasteiger partial charge in [-0.15, -0.1) is 0 Å². The number of para-hydroxylation sites is 1. The normalized spacial score (nSPS) is 20.2. The molecule has 0 saturated carbocycles. The minimum absolute atomic E-state index is 0.309. The molecule has 0 fully saturated rings. The third-order valence-corrected chi connectivity index (χ3v) is 1.60. The molecule has 0 saturated heterocycles. The van der Waals surface area contributed by atoms with Crippen LogP contribution in [0.1, 0.15) is 11.7 Å². The monoisotopic (exact) mass is 134 g/mol. The molecule has 50 valence electrons. The fourth-order valence-electron chi connectivity index (χ4n) is 1.07. The van der Waals surface area contributed by atoms with E-state index in [1.54, 1.807) is 0 Å². The predicted octanol–water partition coefficient (Wildman–Crippen LogP) is 1.32. The van der Waals surface area contributed by atoms with Gasteiger partial charge in [0.1, 0.15) is 5.75 Å². The molecule has 0 N–H and O–H groups in total. The summed E-state index contributed by atoms with van der Waals surface area (Å²) in [6.45, 7) is 0. The lowest BCUT2D eigenvalue weighted by Gasteiger charge is -2.26. The van der Waals surface area contributed by atoms with Gasteiger partial charge in [0.15, 0.2) is 12.4 Å². The Labute approximate surface area is 58.4 Å². The second-order valence-electron chi connectivity index (χ2n) is 2.21. The molecule has 1 atom stereocenters. The van der Waals surface area contributed by atoms with Crippen LogP contribution in [0.4, 0.5) is 0 Å². The van der Waals surface area contributed by atoms with Crippen molar-refractivity contribution < 1.29 is 9.53 Å². The molecule has 2 heteroatoms. The van der Waals surface area contributed by atoms with Gasteiger partial charge >= 0.3 is 0 Å². The largest absolute Gasteiger partial charge is 0.478 e. The van der Waals surface area contributed by atoms with Crippen LogP contribution in [0.2, 0.25) is 0 Å². The zero-order chi connectivity index (χ0) is 6.97. The van der Waals surface area contributed by atoms with Crippen molar-refractivity contribution in [2.24, 2.45) is 0 Å². The number of hydrogen-bond donors (Lipinski definition) is 0. The van der Waals surface area contributed by atoms with E-state index in [-0.39, 0.29) is 6.10 Å². The van der Waals surface area contributed by atoms with E-state index in [1.165, 1.54) is 0 Å². The average molecular weight is 134 g/mol. The van der Waals surface area contributed by atoms with Crippen LogP contribution in [0.25, 0.3) is 0 Å². The van der Waals surface area contributed by atoms with Crippen LogP contribution in [0.15, 0.2) is 24.3 Å². The van der Waals surface area contributed by atoms with Crippen molar-refractivity contribution in [1.82, 2.24) is 0 Å². The lowest BCUT2D eigenvalue weighted by atomic mass is 10.0.